The van der Waals surface area contributed by atoms with Crippen molar-refractivity contribution in [2.45, 2.75) is 32.7 Å². The van der Waals surface area contributed by atoms with Gasteiger partial charge in [0.05, 0.1) is 6.54 Å². The van der Waals surface area contributed by atoms with Gasteiger partial charge in [0.25, 0.3) is 0 Å². The number of aromatic nitrogens is 1. The summed E-state index contributed by atoms with van der Waals surface area (Å²) >= 11 is 0. The Bertz CT molecular complexity index is 785. The van der Waals surface area contributed by atoms with Gasteiger partial charge in [-0.05, 0) is 25.7 Å². The average Bonchev–Trinajstić information content (AvgIpc) is 3.21. The third-order valence-electron chi connectivity index (χ3n) is 5.01. The van der Waals surface area contributed by atoms with Crippen LogP contribution in [-0.4, -0.2) is 48.6 Å². The molecule has 1 aliphatic rings. The van der Waals surface area contributed by atoms with Crippen LogP contribution in [0.2, 0.25) is 0 Å². The van der Waals surface area contributed by atoms with Gasteiger partial charge in [-0.2, -0.15) is 0 Å². The molecule has 0 bridgehead atoms. The first-order valence-electron chi connectivity index (χ1n) is 9.94. The minimum Gasteiger partial charge on any atom is -0.359 e. The standard InChI is InChI=1S/C21H29N5O2.HI/c1-3-23-21(26-11-9-16(10-12-26)13-20(27)22-2)24-15-18-14-19(28-25-18)17-7-5-4-6-8-17;/h4-8,14,16H,3,9-13,15H2,1-2H3,(H,22,27)(H,23,24);1H. The summed E-state index contributed by atoms with van der Waals surface area (Å²) in [6, 6.07) is 11.9. The van der Waals surface area contributed by atoms with Crippen molar-refractivity contribution in [2.24, 2.45) is 10.9 Å². The van der Waals surface area contributed by atoms with Gasteiger partial charge >= 0.3 is 0 Å². The van der Waals surface area contributed by atoms with Crippen molar-refractivity contribution in [3.63, 3.8) is 0 Å². The van der Waals surface area contributed by atoms with E-state index in [9.17, 15) is 4.79 Å². The number of nitrogens with one attached hydrogen (secondary N) is 2. The molecule has 3 rings (SSSR count). The zero-order valence-electron chi connectivity index (χ0n) is 17.1. The van der Waals surface area contributed by atoms with Crippen LogP contribution < -0.4 is 10.6 Å². The fourth-order valence-electron chi connectivity index (χ4n) is 3.42. The molecule has 7 nitrogen and oxygen atoms in total. The Morgan fingerprint density at radius 2 is 2.00 bits per heavy atom. The van der Waals surface area contributed by atoms with Crippen molar-refractivity contribution in [3.05, 3.63) is 42.1 Å². The minimum atomic E-state index is 0. The van der Waals surface area contributed by atoms with E-state index in [1.165, 1.54) is 0 Å². The van der Waals surface area contributed by atoms with Crippen LogP contribution >= 0.6 is 24.0 Å². The molecular weight excluding hydrogens is 481 g/mol. The molecule has 1 aromatic carbocycles. The predicted molar refractivity (Wildman–Crippen MR) is 125 cm³/mol. The minimum absolute atomic E-state index is 0. The molecule has 2 heterocycles. The summed E-state index contributed by atoms with van der Waals surface area (Å²) < 4.78 is 5.46. The van der Waals surface area contributed by atoms with Gasteiger partial charge in [-0.3, -0.25) is 4.79 Å². The van der Waals surface area contributed by atoms with Gasteiger partial charge in [-0.1, -0.05) is 35.5 Å². The second kappa shape index (κ2) is 11.8. The number of hydrogen-bond acceptors (Lipinski definition) is 4. The van der Waals surface area contributed by atoms with E-state index in [4.69, 9.17) is 9.52 Å². The second-order valence-electron chi connectivity index (χ2n) is 7.03. The molecular formula is C21H30IN5O2. The monoisotopic (exact) mass is 511 g/mol. The second-order valence-corrected chi connectivity index (χ2v) is 7.03. The van der Waals surface area contributed by atoms with E-state index in [1.54, 1.807) is 7.05 Å². The summed E-state index contributed by atoms with van der Waals surface area (Å²) in [4.78, 5) is 18.6. The number of carbonyl (C=O) groups excluding carboxylic acids is 1. The van der Waals surface area contributed by atoms with Gasteiger partial charge in [-0.25, -0.2) is 4.99 Å². The average molecular weight is 511 g/mol. The summed E-state index contributed by atoms with van der Waals surface area (Å²) in [7, 11) is 1.69. The molecule has 2 N–H and O–H groups in total. The number of benzene rings is 1. The number of guanidine groups is 1. The number of aliphatic imine (C=N–C) groups is 1. The molecule has 2 aromatic rings. The highest BCUT2D eigenvalue weighted by atomic mass is 127. The smallest absolute Gasteiger partial charge is 0.220 e. The molecule has 0 radical (unpaired) electrons. The fourth-order valence-corrected chi connectivity index (χ4v) is 3.42. The lowest BCUT2D eigenvalue weighted by Gasteiger charge is -2.34. The number of nitrogens with zero attached hydrogens (tertiary/aromatic N) is 3. The van der Waals surface area contributed by atoms with Crippen LogP contribution in [0.5, 0.6) is 0 Å². The highest BCUT2D eigenvalue weighted by molar-refractivity contribution is 14.0. The highest BCUT2D eigenvalue weighted by Gasteiger charge is 2.23. The zero-order valence-corrected chi connectivity index (χ0v) is 19.4. The normalized spacial score (nSPS) is 15.0. The number of rotatable bonds is 6. The van der Waals surface area contributed by atoms with Crippen LogP contribution in [0.25, 0.3) is 11.3 Å². The molecule has 1 amide bonds. The molecule has 0 aliphatic carbocycles. The Kier molecular flexibility index (Phi) is 9.43. The first kappa shape index (κ1) is 23.2. The molecule has 1 aromatic heterocycles. The lowest BCUT2D eigenvalue weighted by molar-refractivity contribution is -0.121. The number of halogens is 1. The Hall–Kier alpha value is -2.10. The molecule has 0 unspecified atom stereocenters. The number of piperidine rings is 1. The van der Waals surface area contributed by atoms with Crippen LogP contribution in [0.15, 0.2) is 45.9 Å². The molecule has 29 heavy (non-hydrogen) atoms. The maximum atomic E-state index is 11.6. The van der Waals surface area contributed by atoms with Crippen LogP contribution in [0.1, 0.15) is 31.9 Å². The summed E-state index contributed by atoms with van der Waals surface area (Å²) in [5.41, 5.74) is 1.82. The maximum Gasteiger partial charge on any atom is 0.220 e. The Morgan fingerprint density at radius 3 is 2.66 bits per heavy atom. The largest absolute Gasteiger partial charge is 0.359 e. The first-order chi connectivity index (χ1) is 13.7. The molecule has 158 valence electrons. The zero-order chi connectivity index (χ0) is 19.8. The number of hydrogen-bond donors (Lipinski definition) is 2. The fraction of sp³-hybridized carbons (Fsp3) is 0.476. The molecule has 0 saturated carbocycles. The quantitative estimate of drug-likeness (QED) is 0.354. The van der Waals surface area contributed by atoms with Crippen LogP contribution in [-0.2, 0) is 11.3 Å². The number of likely N-dealkylation sites (tertiary alicyclic amines) is 1. The Labute approximate surface area is 189 Å². The van der Waals surface area contributed by atoms with E-state index in [2.05, 4.69) is 27.6 Å². The van der Waals surface area contributed by atoms with E-state index in [1.807, 2.05) is 36.4 Å². The van der Waals surface area contributed by atoms with E-state index < -0.39 is 0 Å². The van der Waals surface area contributed by atoms with Crippen LogP contribution in [0, 0.1) is 5.92 Å². The van der Waals surface area contributed by atoms with Crippen molar-refractivity contribution in [1.82, 2.24) is 20.7 Å². The van der Waals surface area contributed by atoms with Crippen molar-refractivity contribution in [3.8, 4) is 11.3 Å². The Balaban J connectivity index is 0.00000300. The number of amides is 1. The molecule has 1 fully saturated rings. The molecule has 1 aliphatic heterocycles. The topological polar surface area (TPSA) is 82.8 Å². The Morgan fingerprint density at radius 1 is 1.28 bits per heavy atom. The molecule has 8 heteroatoms. The summed E-state index contributed by atoms with van der Waals surface area (Å²) in [5, 5.41) is 10.2. The van der Waals surface area contributed by atoms with Gasteiger partial charge < -0.3 is 20.1 Å². The van der Waals surface area contributed by atoms with E-state index >= 15 is 0 Å². The predicted octanol–water partition coefficient (Wildman–Crippen LogP) is 3.27. The highest BCUT2D eigenvalue weighted by Crippen LogP contribution is 2.22. The lowest BCUT2D eigenvalue weighted by atomic mass is 9.93. The van der Waals surface area contributed by atoms with E-state index in [0.717, 1.165) is 55.5 Å². The van der Waals surface area contributed by atoms with E-state index in [0.29, 0.717) is 18.9 Å². The third-order valence-corrected chi connectivity index (χ3v) is 5.01. The first-order valence-corrected chi connectivity index (χ1v) is 9.94. The van der Waals surface area contributed by atoms with Gasteiger partial charge in [-0.15, -0.1) is 24.0 Å². The van der Waals surface area contributed by atoms with Crippen molar-refractivity contribution in [2.75, 3.05) is 26.7 Å². The van der Waals surface area contributed by atoms with Gasteiger partial charge in [0, 0.05) is 44.7 Å². The van der Waals surface area contributed by atoms with Crippen molar-refractivity contribution in [1.29, 1.82) is 0 Å². The molecule has 0 spiro atoms. The van der Waals surface area contributed by atoms with Gasteiger partial charge in [0.1, 0.15) is 5.69 Å². The van der Waals surface area contributed by atoms with Crippen LogP contribution in [0.4, 0.5) is 0 Å². The van der Waals surface area contributed by atoms with E-state index in [-0.39, 0.29) is 29.9 Å². The van der Waals surface area contributed by atoms with Crippen molar-refractivity contribution >= 4 is 35.8 Å². The number of carbonyl (C=O) groups is 1. The molecule has 0 atom stereocenters. The van der Waals surface area contributed by atoms with Gasteiger partial charge in [0.2, 0.25) is 5.91 Å². The van der Waals surface area contributed by atoms with Crippen LogP contribution in [0.3, 0.4) is 0 Å². The van der Waals surface area contributed by atoms with Gasteiger partial charge in [0.15, 0.2) is 11.7 Å². The summed E-state index contributed by atoms with van der Waals surface area (Å²) in [6.07, 6.45) is 2.61. The SMILES string of the molecule is CCNC(=NCc1cc(-c2ccccc2)on1)N1CCC(CC(=O)NC)CC1.I. The summed E-state index contributed by atoms with van der Waals surface area (Å²) in [5.74, 6) is 2.22. The third kappa shape index (κ3) is 6.73. The summed E-state index contributed by atoms with van der Waals surface area (Å²) in [6.45, 7) is 5.16. The van der Waals surface area contributed by atoms with Crippen molar-refractivity contribution < 1.29 is 9.32 Å². The molecule has 1 saturated heterocycles. The lowest BCUT2D eigenvalue weighted by Crippen LogP contribution is -2.46. The maximum absolute atomic E-state index is 11.6.